The van der Waals surface area contributed by atoms with Gasteiger partial charge in [-0.15, -0.1) is 0 Å². The number of fused-ring (bicyclic) bond motifs is 1. The maximum atomic E-state index is 5.39. The van der Waals surface area contributed by atoms with Gasteiger partial charge in [0.1, 0.15) is 10.4 Å². The van der Waals surface area contributed by atoms with Crippen LogP contribution in [0.15, 0.2) is 47.3 Å². The molecular weight excluding hydrogens is 334 g/mol. The molecule has 1 aromatic carbocycles. The highest BCUT2D eigenvalue weighted by molar-refractivity contribution is 9.10. The molecule has 21 heavy (non-hydrogen) atoms. The number of hydrogen-bond donors (Lipinski definition) is 1. The zero-order valence-electron chi connectivity index (χ0n) is 10.8. The van der Waals surface area contributed by atoms with E-state index in [1.54, 1.807) is 6.20 Å². The molecule has 2 aromatic heterocycles. The zero-order chi connectivity index (χ0) is 14.2. The Morgan fingerprint density at radius 2 is 1.95 bits per heavy atom. The first-order chi connectivity index (χ1) is 10.3. The van der Waals surface area contributed by atoms with Gasteiger partial charge < -0.3 is 14.5 Å². The molecule has 4 rings (SSSR count). The van der Waals surface area contributed by atoms with Crippen LogP contribution >= 0.6 is 15.9 Å². The van der Waals surface area contributed by atoms with Gasteiger partial charge in [-0.3, -0.25) is 0 Å². The van der Waals surface area contributed by atoms with Crippen LogP contribution in [0.25, 0.3) is 22.6 Å². The molecule has 0 bridgehead atoms. The van der Waals surface area contributed by atoms with Crippen molar-refractivity contribution in [3.8, 4) is 34.1 Å². The second-order valence-electron chi connectivity index (χ2n) is 4.57. The highest BCUT2D eigenvalue weighted by atomic mass is 79.9. The number of imidazole rings is 1. The van der Waals surface area contributed by atoms with Crippen molar-refractivity contribution in [3.63, 3.8) is 0 Å². The van der Waals surface area contributed by atoms with E-state index in [0.717, 1.165) is 38.7 Å². The fraction of sp³-hybridized carbons (Fsp3) is 0.0667. The Bertz CT molecular complexity index is 816. The number of nitrogens with zero attached hydrogens (tertiary/aromatic N) is 2. The molecule has 6 heteroatoms. The Morgan fingerprint density at radius 1 is 1.05 bits per heavy atom. The molecule has 1 aliphatic heterocycles. The molecule has 0 atom stereocenters. The SMILES string of the molecule is Brc1cc(-c2c[nH]c(-c3ccc4c(c3)OCO4)n2)ccn1. The van der Waals surface area contributed by atoms with Crippen LogP contribution in [0.1, 0.15) is 0 Å². The predicted molar refractivity (Wildman–Crippen MR) is 81.1 cm³/mol. The summed E-state index contributed by atoms with van der Waals surface area (Å²) >= 11 is 3.37. The fourth-order valence-corrected chi connectivity index (χ4v) is 2.59. The van der Waals surface area contributed by atoms with E-state index in [4.69, 9.17) is 9.47 Å². The topological polar surface area (TPSA) is 60.0 Å². The lowest BCUT2D eigenvalue weighted by Crippen LogP contribution is -1.92. The van der Waals surface area contributed by atoms with Crippen molar-refractivity contribution >= 4 is 15.9 Å². The van der Waals surface area contributed by atoms with E-state index >= 15 is 0 Å². The van der Waals surface area contributed by atoms with Crippen LogP contribution in [0.3, 0.4) is 0 Å². The summed E-state index contributed by atoms with van der Waals surface area (Å²) in [6.07, 6.45) is 3.62. The van der Waals surface area contributed by atoms with Gasteiger partial charge >= 0.3 is 0 Å². The Labute approximate surface area is 129 Å². The van der Waals surface area contributed by atoms with Crippen LogP contribution in [0.5, 0.6) is 11.5 Å². The normalized spacial score (nSPS) is 12.6. The summed E-state index contributed by atoms with van der Waals surface area (Å²) in [4.78, 5) is 11.9. The standard InChI is InChI=1S/C15H10BrN3O2/c16-14-6-9(3-4-17-14)11-7-18-15(19-11)10-1-2-12-13(5-10)21-8-20-12/h1-7H,8H2,(H,18,19). The van der Waals surface area contributed by atoms with Crippen LogP contribution in [0.4, 0.5) is 0 Å². The first-order valence-corrected chi connectivity index (χ1v) is 7.16. The number of ether oxygens (including phenoxy) is 2. The molecule has 1 aliphatic rings. The Morgan fingerprint density at radius 3 is 2.86 bits per heavy atom. The van der Waals surface area contributed by atoms with Crippen molar-refractivity contribution in [2.24, 2.45) is 0 Å². The average molecular weight is 344 g/mol. The average Bonchev–Trinajstić information content (AvgIpc) is 3.15. The van der Waals surface area contributed by atoms with Gasteiger partial charge in [0.15, 0.2) is 11.5 Å². The number of pyridine rings is 1. The van der Waals surface area contributed by atoms with Gasteiger partial charge in [-0.05, 0) is 46.3 Å². The van der Waals surface area contributed by atoms with Crippen molar-refractivity contribution < 1.29 is 9.47 Å². The van der Waals surface area contributed by atoms with Crippen LogP contribution in [-0.4, -0.2) is 21.7 Å². The van der Waals surface area contributed by atoms with Gasteiger partial charge in [0.05, 0.1) is 5.69 Å². The van der Waals surface area contributed by atoms with Gasteiger partial charge in [-0.1, -0.05) is 0 Å². The van der Waals surface area contributed by atoms with Crippen LogP contribution in [0, 0.1) is 0 Å². The molecule has 3 heterocycles. The smallest absolute Gasteiger partial charge is 0.231 e. The van der Waals surface area contributed by atoms with Crippen LogP contribution in [0.2, 0.25) is 0 Å². The zero-order valence-corrected chi connectivity index (χ0v) is 12.4. The highest BCUT2D eigenvalue weighted by Gasteiger charge is 2.15. The molecule has 104 valence electrons. The monoisotopic (exact) mass is 343 g/mol. The molecule has 0 amide bonds. The van der Waals surface area contributed by atoms with Crippen molar-refractivity contribution in [2.45, 2.75) is 0 Å². The Balaban J connectivity index is 1.71. The second-order valence-corrected chi connectivity index (χ2v) is 5.38. The van der Waals surface area contributed by atoms with E-state index in [1.165, 1.54) is 0 Å². The maximum Gasteiger partial charge on any atom is 0.231 e. The van der Waals surface area contributed by atoms with E-state index < -0.39 is 0 Å². The summed E-state index contributed by atoms with van der Waals surface area (Å²) in [7, 11) is 0. The lowest BCUT2D eigenvalue weighted by molar-refractivity contribution is 0.174. The number of benzene rings is 1. The molecule has 5 nitrogen and oxygen atoms in total. The first-order valence-electron chi connectivity index (χ1n) is 6.37. The van der Waals surface area contributed by atoms with E-state index in [-0.39, 0.29) is 6.79 Å². The fourth-order valence-electron chi connectivity index (χ4n) is 2.22. The summed E-state index contributed by atoms with van der Waals surface area (Å²) in [6, 6.07) is 9.62. The summed E-state index contributed by atoms with van der Waals surface area (Å²) in [5.74, 6) is 2.30. The Kier molecular flexibility index (Phi) is 2.89. The molecular formula is C15H10BrN3O2. The van der Waals surface area contributed by atoms with Crippen LogP contribution in [-0.2, 0) is 0 Å². The number of halogens is 1. The molecule has 3 aromatic rings. The minimum absolute atomic E-state index is 0.271. The molecule has 0 aliphatic carbocycles. The van der Waals surface area contributed by atoms with E-state index in [2.05, 4.69) is 30.9 Å². The molecule has 0 spiro atoms. The second kappa shape index (κ2) is 4.89. The quantitative estimate of drug-likeness (QED) is 0.721. The third kappa shape index (κ3) is 2.27. The lowest BCUT2D eigenvalue weighted by atomic mass is 10.2. The number of nitrogens with one attached hydrogen (secondary N) is 1. The molecule has 0 unspecified atom stereocenters. The largest absolute Gasteiger partial charge is 0.454 e. The maximum absolute atomic E-state index is 5.39. The number of H-pyrrole nitrogens is 1. The molecule has 0 radical (unpaired) electrons. The van der Waals surface area contributed by atoms with Gasteiger partial charge in [-0.2, -0.15) is 0 Å². The third-order valence-electron chi connectivity index (χ3n) is 3.25. The molecule has 0 saturated heterocycles. The summed E-state index contributed by atoms with van der Waals surface area (Å²) in [5, 5.41) is 0. The minimum Gasteiger partial charge on any atom is -0.454 e. The summed E-state index contributed by atoms with van der Waals surface area (Å²) < 4.78 is 11.5. The van der Waals surface area contributed by atoms with E-state index in [0.29, 0.717) is 0 Å². The van der Waals surface area contributed by atoms with Crippen molar-refractivity contribution in [1.29, 1.82) is 0 Å². The highest BCUT2D eigenvalue weighted by Crippen LogP contribution is 2.35. The number of hydrogen-bond acceptors (Lipinski definition) is 4. The van der Waals surface area contributed by atoms with Gasteiger partial charge in [-0.25, -0.2) is 9.97 Å². The summed E-state index contributed by atoms with van der Waals surface area (Å²) in [5.41, 5.74) is 2.82. The predicted octanol–water partition coefficient (Wildman–Crippen LogP) is 3.63. The van der Waals surface area contributed by atoms with Gasteiger partial charge in [0.2, 0.25) is 6.79 Å². The minimum atomic E-state index is 0.271. The lowest BCUT2D eigenvalue weighted by Gasteiger charge is -1.99. The number of aromatic nitrogens is 3. The number of rotatable bonds is 2. The van der Waals surface area contributed by atoms with E-state index in [9.17, 15) is 0 Å². The molecule has 0 saturated carbocycles. The first kappa shape index (κ1) is 12.4. The van der Waals surface area contributed by atoms with E-state index in [1.807, 2.05) is 36.5 Å². The van der Waals surface area contributed by atoms with Crippen molar-refractivity contribution in [2.75, 3.05) is 6.79 Å². The van der Waals surface area contributed by atoms with Crippen molar-refractivity contribution in [1.82, 2.24) is 15.0 Å². The van der Waals surface area contributed by atoms with Crippen LogP contribution < -0.4 is 9.47 Å². The summed E-state index contributed by atoms with van der Waals surface area (Å²) in [6.45, 7) is 0.271. The Hall–Kier alpha value is -2.34. The number of aromatic amines is 1. The molecule has 0 fully saturated rings. The third-order valence-corrected chi connectivity index (χ3v) is 3.68. The molecule has 1 N–H and O–H groups in total. The van der Waals surface area contributed by atoms with Gasteiger partial charge in [0, 0.05) is 23.5 Å². The van der Waals surface area contributed by atoms with Gasteiger partial charge in [0.25, 0.3) is 0 Å². The van der Waals surface area contributed by atoms with Crippen molar-refractivity contribution in [3.05, 3.63) is 47.3 Å².